The Morgan fingerprint density at radius 3 is 0.784 bits per heavy atom. The molecule has 0 saturated heterocycles. The van der Waals surface area contributed by atoms with E-state index in [0.29, 0.717) is 17.4 Å². The predicted octanol–water partition coefficient (Wildman–Crippen LogP) is 28.7. The van der Waals surface area contributed by atoms with Gasteiger partial charge in [-0.3, -0.25) is 14.2 Å². The monoisotopic (exact) mass is 1440 g/mol. The van der Waals surface area contributed by atoms with Crippen molar-refractivity contribution in [2.75, 3.05) is 47.5 Å². The Hall–Kier alpha value is -3.59. The van der Waals surface area contributed by atoms with Crippen LogP contribution in [0.1, 0.15) is 399 Å². The number of quaternary nitrogens is 1. The average molecular weight is 1440 g/mol. The fourth-order valence-corrected chi connectivity index (χ4v) is 13.2. The lowest BCUT2D eigenvalue weighted by Crippen LogP contribution is -2.37. The molecule has 0 saturated carbocycles. The number of phosphoric acid groups is 1. The van der Waals surface area contributed by atoms with E-state index < -0.39 is 26.5 Å². The molecule has 9 nitrogen and oxygen atoms in total. The molecule has 0 N–H and O–H groups in total. The number of phosphoric ester groups is 1. The van der Waals surface area contributed by atoms with E-state index in [9.17, 15) is 19.0 Å². The fraction of sp³-hybridized carbons (Fsp3) is 0.761. The number of carbonyl (C=O) groups is 2. The second kappa shape index (κ2) is 81.5. The first kappa shape index (κ1) is 98.4. The minimum absolute atomic E-state index is 0.0306. The predicted molar refractivity (Wildman–Crippen MR) is 443 cm³/mol. The molecule has 0 bridgehead atoms. The van der Waals surface area contributed by atoms with Crippen LogP contribution < -0.4 is 4.89 Å². The van der Waals surface area contributed by atoms with Crippen molar-refractivity contribution in [3.05, 3.63) is 122 Å². The summed E-state index contributed by atoms with van der Waals surface area (Å²) in [6, 6.07) is 0. The molecule has 102 heavy (non-hydrogen) atoms. The first-order valence-electron chi connectivity index (χ1n) is 43.2. The molecular formula is C92H164NO8P. The van der Waals surface area contributed by atoms with Gasteiger partial charge in [0.15, 0.2) is 6.10 Å². The molecule has 0 aliphatic heterocycles. The molecule has 590 valence electrons. The van der Waals surface area contributed by atoms with Gasteiger partial charge in [-0.2, -0.15) is 0 Å². The molecule has 2 atom stereocenters. The minimum Gasteiger partial charge on any atom is -0.756 e. The van der Waals surface area contributed by atoms with Crippen LogP contribution in [0.3, 0.4) is 0 Å². The number of likely N-dealkylation sites (N-methyl/N-ethyl adjacent to an activating group) is 1. The number of hydrogen-bond acceptors (Lipinski definition) is 8. The molecule has 10 heteroatoms. The van der Waals surface area contributed by atoms with Crippen molar-refractivity contribution in [1.82, 2.24) is 0 Å². The second-order valence-electron chi connectivity index (χ2n) is 30.1. The number of carbonyl (C=O) groups excluding carboxylic acids is 2. The maximum atomic E-state index is 12.9. The number of esters is 2. The highest BCUT2D eigenvalue weighted by atomic mass is 31.2. The Labute approximate surface area is 632 Å². The van der Waals surface area contributed by atoms with Crippen LogP contribution in [-0.2, 0) is 32.7 Å². The maximum Gasteiger partial charge on any atom is 0.306 e. The smallest absolute Gasteiger partial charge is 0.306 e. The first-order chi connectivity index (χ1) is 50.0. The van der Waals surface area contributed by atoms with Gasteiger partial charge in [-0.1, -0.05) is 405 Å². The molecule has 0 amide bonds. The van der Waals surface area contributed by atoms with Gasteiger partial charge in [0.1, 0.15) is 19.8 Å². The molecule has 0 aliphatic carbocycles. The van der Waals surface area contributed by atoms with Gasteiger partial charge in [0.25, 0.3) is 7.82 Å². The standard InChI is InChI=1S/C92H164NO8P/c1-6-8-10-12-14-16-18-20-22-24-26-28-30-32-34-36-38-40-42-44-46-48-50-52-54-56-58-60-62-64-66-68-70-72-74-76-78-80-82-84-91(94)98-88-90(89-100-102(96,97)99-87-86-93(3,4)5)101-92(95)85-83-81-79-77-75-73-71-69-67-65-63-61-59-57-55-53-51-49-47-45-43-41-39-37-35-33-31-29-27-25-23-21-19-17-15-13-11-9-7-2/h8-11,14-17,20-23,26-29,32-35,90H,6-7,12-13,18-19,24-25,30-31,36-89H2,1-5H3/b10-8-,11-9-,16-14-,17-15-,22-20-,23-21-,28-26-,29-27-,34-32-,35-33-. The first-order valence-corrected chi connectivity index (χ1v) is 44.7. The van der Waals surface area contributed by atoms with Crippen LogP contribution in [0.15, 0.2) is 122 Å². The Balaban J connectivity index is 3.88. The summed E-state index contributed by atoms with van der Waals surface area (Å²) in [7, 11) is 1.18. The lowest BCUT2D eigenvalue weighted by Gasteiger charge is -2.28. The molecule has 0 fully saturated rings. The molecule has 0 aromatic heterocycles. The summed E-state index contributed by atoms with van der Waals surface area (Å²) in [5, 5.41) is 0. The summed E-state index contributed by atoms with van der Waals surface area (Å²) < 4.78 is 34.5. The van der Waals surface area contributed by atoms with Gasteiger partial charge in [-0.25, -0.2) is 0 Å². The third-order valence-electron chi connectivity index (χ3n) is 19.0. The van der Waals surface area contributed by atoms with E-state index in [1.54, 1.807) is 0 Å². The van der Waals surface area contributed by atoms with Gasteiger partial charge in [0.2, 0.25) is 0 Å². The van der Waals surface area contributed by atoms with Crippen molar-refractivity contribution in [3.8, 4) is 0 Å². The Morgan fingerprint density at radius 2 is 0.529 bits per heavy atom. The number of rotatable bonds is 80. The van der Waals surface area contributed by atoms with Crippen molar-refractivity contribution >= 4 is 19.8 Å². The topological polar surface area (TPSA) is 111 Å². The number of ether oxygens (including phenoxy) is 2. The van der Waals surface area contributed by atoms with Crippen molar-refractivity contribution in [3.63, 3.8) is 0 Å². The van der Waals surface area contributed by atoms with Crippen LogP contribution in [0.25, 0.3) is 0 Å². The van der Waals surface area contributed by atoms with Crippen LogP contribution >= 0.6 is 7.82 Å². The Bertz CT molecular complexity index is 2140. The quantitative estimate of drug-likeness (QED) is 0.0195. The SMILES string of the molecule is CC/C=C\C/C=C\C/C=C\C/C=C\C/C=C\CCCCCCCCCCCCCCCCCCCCCCCCCC(=O)OCC(COP(=O)([O-])OCC[N+](C)(C)C)OC(=O)CCCCCCCCCCCCCCCCCCCCCCCCC/C=C\C/C=C\C/C=C\C/C=C\C/C=C\CC. The summed E-state index contributed by atoms with van der Waals surface area (Å²) in [6.45, 7) is 4.07. The minimum atomic E-state index is -4.65. The summed E-state index contributed by atoms with van der Waals surface area (Å²) in [6.07, 6.45) is 118. The largest absolute Gasteiger partial charge is 0.756 e. The number of nitrogens with zero attached hydrogens (tertiary/aromatic N) is 1. The highest BCUT2D eigenvalue weighted by Gasteiger charge is 2.22. The highest BCUT2D eigenvalue weighted by molar-refractivity contribution is 7.45. The van der Waals surface area contributed by atoms with Gasteiger partial charge in [0.05, 0.1) is 27.7 Å². The molecule has 0 aromatic carbocycles. The molecule has 0 aliphatic rings. The molecular weight excluding hydrogens is 1280 g/mol. The van der Waals surface area contributed by atoms with Gasteiger partial charge >= 0.3 is 11.9 Å². The molecule has 0 aromatic rings. The van der Waals surface area contributed by atoms with Gasteiger partial charge in [0, 0.05) is 12.8 Å². The summed E-state index contributed by atoms with van der Waals surface area (Å²) >= 11 is 0. The fourth-order valence-electron chi connectivity index (χ4n) is 12.5. The zero-order valence-corrected chi connectivity index (χ0v) is 68.4. The Kier molecular flexibility index (Phi) is 78.6. The molecule has 0 heterocycles. The van der Waals surface area contributed by atoms with E-state index >= 15 is 0 Å². The molecule has 2 unspecified atom stereocenters. The van der Waals surface area contributed by atoms with E-state index in [4.69, 9.17) is 18.5 Å². The number of allylic oxidation sites excluding steroid dienone is 20. The van der Waals surface area contributed by atoms with Crippen molar-refractivity contribution in [2.45, 2.75) is 405 Å². The zero-order chi connectivity index (χ0) is 74.0. The van der Waals surface area contributed by atoms with E-state index in [1.165, 1.54) is 270 Å². The normalized spacial score (nSPS) is 13.6. The van der Waals surface area contributed by atoms with Gasteiger partial charge in [-0.05, 0) is 103 Å². The van der Waals surface area contributed by atoms with Gasteiger partial charge in [-0.15, -0.1) is 0 Å². The average Bonchev–Trinajstić information content (AvgIpc) is 0.935. The van der Waals surface area contributed by atoms with E-state index in [0.717, 1.165) is 96.3 Å². The second-order valence-corrected chi connectivity index (χ2v) is 31.6. The van der Waals surface area contributed by atoms with Crippen molar-refractivity contribution in [2.24, 2.45) is 0 Å². The van der Waals surface area contributed by atoms with Crippen LogP contribution in [-0.4, -0.2) is 70.0 Å². The third kappa shape index (κ3) is 85.3. The van der Waals surface area contributed by atoms with Crippen molar-refractivity contribution < 1.29 is 42.1 Å². The zero-order valence-electron chi connectivity index (χ0n) is 67.5. The van der Waals surface area contributed by atoms with E-state index in [2.05, 4.69) is 135 Å². The maximum absolute atomic E-state index is 12.9. The summed E-state index contributed by atoms with van der Waals surface area (Å²) in [4.78, 5) is 38.3. The van der Waals surface area contributed by atoms with Crippen LogP contribution in [0.2, 0.25) is 0 Å². The third-order valence-corrected chi connectivity index (χ3v) is 19.9. The Morgan fingerprint density at radius 1 is 0.304 bits per heavy atom. The van der Waals surface area contributed by atoms with Gasteiger partial charge < -0.3 is 27.9 Å². The summed E-state index contributed by atoms with van der Waals surface area (Å²) in [5.41, 5.74) is 0. The summed E-state index contributed by atoms with van der Waals surface area (Å²) in [5.74, 6) is -0.814. The van der Waals surface area contributed by atoms with Crippen molar-refractivity contribution in [1.29, 1.82) is 0 Å². The molecule has 0 spiro atoms. The van der Waals surface area contributed by atoms with E-state index in [1.807, 2.05) is 21.1 Å². The number of unbranched alkanes of at least 4 members (excludes halogenated alkanes) is 46. The molecule has 0 rings (SSSR count). The van der Waals surface area contributed by atoms with Crippen LogP contribution in [0.5, 0.6) is 0 Å². The van der Waals surface area contributed by atoms with Crippen LogP contribution in [0, 0.1) is 0 Å². The lowest BCUT2D eigenvalue weighted by atomic mass is 10.0. The van der Waals surface area contributed by atoms with E-state index in [-0.39, 0.29) is 32.0 Å². The van der Waals surface area contributed by atoms with Crippen LogP contribution in [0.4, 0.5) is 0 Å². The highest BCUT2D eigenvalue weighted by Crippen LogP contribution is 2.38. The molecule has 0 radical (unpaired) electrons. The lowest BCUT2D eigenvalue weighted by molar-refractivity contribution is -0.870. The number of hydrogen-bond donors (Lipinski definition) is 0.